The summed E-state index contributed by atoms with van der Waals surface area (Å²) in [5.74, 6) is 0.388. The number of hydrogen-bond acceptors (Lipinski definition) is 29. The van der Waals surface area contributed by atoms with E-state index < -0.39 is 205 Å². The van der Waals surface area contributed by atoms with Crippen LogP contribution in [0, 0.1) is 52.3 Å². The van der Waals surface area contributed by atoms with Crippen LogP contribution in [0.2, 0.25) is 0 Å². The number of fused-ring (bicyclic) bond motifs is 7. The van der Waals surface area contributed by atoms with Gasteiger partial charge in [0.05, 0.1) is 64.1 Å². The van der Waals surface area contributed by atoms with Crippen molar-refractivity contribution >= 4 is 0 Å². The molecule has 0 bridgehead atoms. The van der Waals surface area contributed by atoms with Gasteiger partial charge >= 0.3 is 0 Å². The van der Waals surface area contributed by atoms with E-state index in [0.29, 0.717) is 25.4 Å². The maximum atomic E-state index is 12.3. The molecule has 4 aliphatic carbocycles. The van der Waals surface area contributed by atoms with Crippen molar-refractivity contribution in [1.82, 2.24) is 0 Å². The number of aliphatic hydroxyl groups excluding tert-OH is 17. The minimum absolute atomic E-state index is 0.00749. The molecule has 11 aliphatic rings. The van der Waals surface area contributed by atoms with Gasteiger partial charge in [-0.15, -0.1) is 0 Å². The third-order valence-corrected chi connectivity index (χ3v) is 22.2. The van der Waals surface area contributed by atoms with Gasteiger partial charge in [-0.25, -0.2) is 0 Å². The Morgan fingerprint density at radius 2 is 1.01 bits per heavy atom. The second-order valence-electron chi connectivity index (χ2n) is 26.9. The van der Waals surface area contributed by atoms with Crippen molar-refractivity contribution in [3.05, 3.63) is 0 Å². The summed E-state index contributed by atoms with van der Waals surface area (Å²) in [6.45, 7) is 5.21. The Labute approximate surface area is 491 Å². The molecule has 7 aliphatic heterocycles. The highest BCUT2D eigenvalue weighted by Gasteiger charge is 2.73. The van der Waals surface area contributed by atoms with E-state index in [9.17, 15) is 86.8 Å². The second kappa shape index (κ2) is 25.4. The molecule has 11 rings (SSSR count). The topological polar surface area (TPSA) is 455 Å². The molecule has 0 unspecified atom stereocenters. The van der Waals surface area contributed by atoms with E-state index in [1.165, 1.54) is 0 Å². The monoisotopic (exact) mass is 1230 g/mol. The predicted molar refractivity (Wildman–Crippen MR) is 278 cm³/mol. The molecule has 29 heteroatoms. The van der Waals surface area contributed by atoms with Gasteiger partial charge in [0.15, 0.2) is 37.2 Å². The highest BCUT2D eigenvalue weighted by molar-refractivity contribution is 5.19. The minimum Gasteiger partial charge on any atom is -0.394 e. The van der Waals surface area contributed by atoms with Gasteiger partial charge in [-0.3, -0.25) is 0 Å². The molecule has 1 spiro atoms. The normalized spacial score (nSPS) is 58.1. The van der Waals surface area contributed by atoms with Crippen LogP contribution in [0.3, 0.4) is 0 Å². The molecule has 85 heavy (non-hydrogen) atoms. The van der Waals surface area contributed by atoms with Gasteiger partial charge in [-0.2, -0.15) is 0 Å². The fourth-order valence-corrected chi connectivity index (χ4v) is 17.4. The van der Waals surface area contributed by atoms with Crippen LogP contribution in [0.5, 0.6) is 0 Å². The van der Waals surface area contributed by atoms with E-state index in [2.05, 4.69) is 27.7 Å². The summed E-state index contributed by atoms with van der Waals surface area (Å²) in [7, 11) is 0. The summed E-state index contributed by atoms with van der Waals surface area (Å²) in [6, 6.07) is 0. The van der Waals surface area contributed by atoms with Gasteiger partial charge in [0.1, 0.15) is 116 Å². The van der Waals surface area contributed by atoms with Crippen LogP contribution in [0.15, 0.2) is 0 Å². The Morgan fingerprint density at radius 1 is 0.447 bits per heavy atom. The van der Waals surface area contributed by atoms with Crippen LogP contribution < -0.4 is 0 Å². The molecule has 7 saturated heterocycles. The largest absolute Gasteiger partial charge is 0.394 e. The summed E-state index contributed by atoms with van der Waals surface area (Å²) < 4.78 is 72.8. The van der Waals surface area contributed by atoms with E-state index in [1.807, 2.05) is 0 Å². The van der Waals surface area contributed by atoms with Crippen LogP contribution in [0.25, 0.3) is 0 Å². The molecule has 0 radical (unpaired) electrons. The maximum absolute atomic E-state index is 12.3. The van der Waals surface area contributed by atoms with Gasteiger partial charge in [-0.1, -0.05) is 27.7 Å². The first-order valence-corrected chi connectivity index (χ1v) is 30.5. The highest BCUT2D eigenvalue weighted by Crippen LogP contribution is 2.71. The Morgan fingerprint density at radius 3 is 1.67 bits per heavy atom. The lowest BCUT2D eigenvalue weighted by molar-refractivity contribution is -0.410. The van der Waals surface area contributed by atoms with Crippen LogP contribution >= 0.6 is 0 Å². The van der Waals surface area contributed by atoms with E-state index in [0.717, 1.165) is 38.5 Å². The first-order chi connectivity index (χ1) is 40.3. The molecule has 7 heterocycles. The Hall–Kier alpha value is -1.16. The van der Waals surface area contributed by atoms with E-state index in [1.54, 1.807) is 0 Å². The lowest BCUT2D eigenvalue weighted by Gasteiger charge is -2.62. The zero-order chi connectivity index (χ0) is 61.1. The molecule has 11 fully saturated rings. The molecule has 17 N–H and O–H groups in total. The van der Waals surface area contributed by atoms with Crippen molar-refractivity contribution in [3.63, 3.8) is 0 Å². The van der Waals surface area contributed by atoms with Crippen molar-refractivity contribution in [2.45, 2.75) is 257 Å². The van der Waals surface area contributed by atoms with Gasteiger partial charge < -0.3 is 144 Å². The van der Waals surface area contributed by atoms with Crippen molar-refractivity contribution in [2.75, 3.05) is 39.6 Å². The fraction of sp³-hybridized carbons (Fsp3) is 1.00. The molecular formula is C56H92O29. The lowest BCUT2D eigenvalue weighted by Crippen LogP contribution is -2.69. The average Bonchev–Trinajstić information content (AvgIpc) is 1.59. The van der Waals surface area contributed by atoms with Gasteiger partial charge in [0.2, 0.25) is 0 Å². The van der Waals surface area contributed by atoms with Crippen LogP contribution in [0.4, 0.5) is 0 Å². The van der Waals surface area contributed by atoms with Crippen LogP contribution in [0.1, 0.15) is 79.1 Å². The van der Waals surface area contributed by atoms with Gasteiger partial charge in [0, 0.05) is 18.3 Å². The summed E-state index contributed by atoms with van der Waals surface area (Å²) >= 11 is 0. The van der Waals surface area contributed by atoms with Gasteiger partial charge in [0.25, 0.3) is 0 Å². The lowest BCUT2D eigenvalue weighted by atomic mass is 9.44. The van der Waals surface area contributed by atoms with Crippen molar-refractivity contribution in [3.8, 4) is 0 Å². The molecular weight excluding hydrogens is 1140 g/mol. The fourth-order valence-electron chi connectivity index (χ4n) is 17.4. The van der Waals surface area contributed by atoms with Crippen molar-refractivity contribution in [2.24, 2.45) is 52.3 Å². The van der Waals surface area contributed by atoms with Crippen LogP contribution in [-0.4, -0.2) is 304 Å². The first kappa shape index (κ1) is 65.3. The predicted octanol–water partition coefficient (Wildman–Crippen LogP) is -6.50. The van der Waals surface area contributed by atoms with E-state index in [-0.39, 0.29) is 52.4 Å². The molecule has 38 atom stereocenters. The maximum Gasteiger partial charge on any atom is 0.187 e. The average molecular weight is 1230 g/mol. The third-order valence-electron chi connectivity index (χ3n) is 22.2. The van der Waals surface area contributed by atoms with Crippen molar-refractivity contribution in [1.29, 1.82) is 0 Å². The molecule has 0 aromatic rings. The van der Waals surface area contributed by atoms with Crippen LogP contribution in [-0.2, 0) is 56.8 Å². The molecule has 29 nitrogen and oxygen atoms in total. The first-order valence-electron chi connectivity index (χ1n) is 30.5. The minimum atomic E-state index is -2.21. The molecule has 4 saturated carbocycles. The van der Waals surface area contributed by atoms with Crippen molar-refractivity contribution < 1.29 is 144 Å². The summed E-state index contributed by atoms with van der Waals surface area (Å²) in [4.78, 5) is 0. The summed E-state index contributed by atoms with van der Waals surface area (Å²) in [6.07, 6.45) is -42.5. The number of aliphatic hydroxyl groups is 17. The standard InChI is InChI=1S/C56H92O29/c1-19-7-10-56(75-17-19)20(2)31-45(85-56)37(67)32-22-6-5-21-11-26(24(61)12-55(21,4)23(22)8-9-54(31,32)3)76-50-42(72)39(69)44(30(16-60)80-50)81-53-48(47(36(66)29(15-59)79-53)83-49-40(70)33(63)25(62)18-74-49)84-52-43(73)46(35(65)28(14-58)78-52)82-51-41(71)38(68)34(64)27(13-57)77-51/h19-53,57-73H,5-18H2,1-4H3/t19-,20+,21+,22-,23+,24-,25-,26-,27-,28-,29-,30-,31+,32-,33+,34+,35-,36-,37+,38+,39-,40-,41-,42-,43-,44-,45-,46+,47+,48-,49+,50-,51+,52+,53+,54-,55+,56-/m1/s1. The second-order valence-corrected chi connectivity index (χ2v) is 26.9. The quantitative estimate of drug-likeness (QED) is 0.0719. The van der Waals surface area contributed by atoms with E-state index >= 15 is 0 Å². The molecule has 490 valence electrons. The van der Waals surface area contributed by atoms with Gasteiger partial charge in [-0.05, 0) is 85.4 Å². The summed E-state index contributed by atoms with van der Waals surface area (Å²) in [5, 5.41) is 188. The molecule has 0 aromatic carbocycles. The third kappa shape index (κ3) is 11.3. The Bertz CT molecular complexity index is 2220. The zero-order valence-electron chi connectivity index (χ0n) is 48.1. The Balaban J connectivity index is 0.797. The molecule has 0 amide bonds. The number of ether oxygens (including phenoxy) is 12. The zero-order valence-corrected chi connectivity index (χ0v) is 48.1. The Kier molecular flexibility index (Phi) is 19.5. The summed E-state index contributed by atoms with van der Waals surface area (Å²) in [5.41, 5.74) is -0.531. The SMILES string of the molecule is C[C@@H]1CC[C@@]2(OC1)O[C@H]1[C@@H](O)[C@H]3[C@@H]4CC[C@H]5C[C@@H](O[C@@H]6O[C@H](CO)[C@@H](O[C@@H]7O[C@H](CO)[C@@H](O)[C@H](O[C@@H]8OC[C@@H](O)[C@H](O)[C@H]8O)[C@H]7O[C@@H]7O[C@H](CO)[C@@H](O)[C@H](O[C@@H]8O[C@H](CO)[C@H](O)[C@H](O)[C@H]8O)[C@H]7O)[C@H](O)[C@H]6O)[C@H](O)C[C@]5(C)[C@H]4CC[C@]3(C)[C@H]1[C@@H]2C. The highest BCUT2D eigenvalue weighted by atomic mass is 16.8. The number of rotatable bonds is 14. The number of hydrogen-bond donors (Lipinski definition) is 17. The van der Waals surface area contributed by atoms with E-state index in [4.69, 9.17) is 56.8 Å². The smallest absolute Gasteiger partial charge is 0.187 e. The molecule has 0 aromatic heterocycles.